The molecule has 4 aromatic rings. The fourth-order valence-electron chi connectivity index (χ4n) is 3.31. The minimum atomic E-state index is -4.00. The molecule has 0 saturated heterocycles. The van der Waals surface area contributed by atoms with Gasteiger partial charge in [0.15, 0.2) is 9.84 Å². The number of sulfone groups is 1. The van der Waals surface area contributed by atoms with Crippen molar-refractivity contribution < 1.29 is 26.0 Å². The van der Waals surface area contributed by atoms with Crippen molar-refractivity contribution in [3.8, 4) is 11.5 Å². The monoisotopic (exact) mass is 497 g/mol. The Morgan fingerprint density at radius 3 is 2.00 bits per heavy atom. The number of hydrogen-bond donors (Lipinski definition) is 1. The van der Waals surface area contributed by atoms with E-state index in [1.54, 1.807) is 30.3 Å². The molecule has 4 rings (SSSR count). The van der Waals surface area contributed by atoms with Gasteiger partial charge in [0.2, 0.25) is 10.0 Å². The Labute approximate surface area is 199 Å². The first kappa shape index (κ1) is 23.7. The summed E-state index contributed by atoms with van der Waals surface area (Å²) in [7, 11) is -7.92. The molecule has 1 heterocycles. The number of ether oxygens (including phenoxy) is 1. The van der Waals surface area contributed by atoms with Crippen LogP contribution >= 0.6 is 0 Å². The topological polar surface area (TPSA) is 103 Å². The van der Waals surface area contributed by atoms with Crippen LogP contribution in [0.3, 0.4) is 0 Å². The van der Waals surface area contributed by atoms with Crippen LogP contribution in [0.15, 0.2) is 111 Å². The number of hydrogen-bond acceptors (Lipinski definition) is 6. The van der Waals surface area contributed by atoms with Gasteiger partial charge in [0.05, 0.1) is 16.1 Å². The number of furan rings is 1. The van der Waals surface area contributed by atoms with E-state index in [1.807, 2.05) is 25.1 Å². The van der Waals surface area contributed by atoms with Crippen molar-refractivity contribution in [2.24, 2.45) is 0 Å². The number of nitrogens with one attached hydrogen (secondary N) is 1. The second kappa shape index (κ2) is 9.84. The summed E-state index contributed by atoms with van der Waals surface area (Å²) in [5.74, 6) is 1.24. The predicted octanol–water partition coefficient (Wildman–Crippen LogP) is 4.87. The molecule has 0 aliphatic heterocycles. The van der Waals surface area contributed by atoms with Gasteiger partial charge >= 0.3 is 0 Å². The molecule has 7 nitrogen and oxygen atoms in total. The fraction of sp³-hybridized carbons (Fsp3) is 0.120. The standard InChI is InChI=1S/C25H23NO6S2/c1-19-9-13-22(14-10-19)33(27,28)25(24-8-5-17-31-24)18-26-34(29,30)23-15-11-21(12-16-23)32-20-6-3-2-4-7-20/h2-17,25-26H,18H2,1H3. The van der Waals surface area contributed by atoms with Crippen LogP contribution in [0, 0.1) is 6.92 Å². The third kappa shape index (κ3) is 5.39. The second-order valence-electron chi connectivity index (χ2n) is 7.60. The zero-order valence-corrected chi connectivity index (χ0v) is 19.9. The van der Waals surface area contributed by atoms with Crippen LogP contribution in [0.2, 0.25) is 0 Å². The van der Waals surface area contributed by atoms with Gasteiger partial charge in [-0.05, 0) is 67.6 Å². The molecule has 9 heteroatoms. The Morgan fingerprint density at radius 1 is 0.765 bits per heavy atom. The number of benzene rings is 3. The van der Waals surface area contributed by atoms with Crippen molar-refractivity contribution in [1.29, 1.82) is 0 Å². The molecule has 1 unspecified atom stereocenters. The zero-order valence-electron chi connectivity index (χ0n) is 18.3. The minimum absolute atomic E-state index is 0.0150. The van der Waals surface area contributed by atoms with Gasteiger partial charge in [-0.25, -0.2) is 21.6 Å². The van der Waals surface area contributed by atoms with Crippen LogP contribution < -0.4 is 9.46 Å². The first-order valence-electron chi connectivity index (χ1n) is 10.4. The molecule has 0 radical (unpaired) electrons. The molecule has 0 aliphatic carbocycles. The molecule has 0 fully saturated rings. The van der Waals surface area contributed by atoms with Crippen LogP contribution in [0.4, 0.5) is 0 Å². The molecule has 176 valence electrons. The predicted molar refractivity (Wildman–Crippen MR) is 128 cm³/mol. The molecule has 3 aromatic carbocycles. The van der Waals surface area contributed by atoms with Gasteiger partial charge in [0.1, 0.15) is 22.5 Å². The number of sulfonamides is 1. The average Bonchev–Trinajstić information content (AvgIpc) is 3.35. The summed E-state index contributed by atoms with van der Waals surface area (Å²) in [4.78, 5) is 0.0694. The first-order valence-corrected chi connectivity index (χ1v) is 13.5. The molecular weight excluding hydrogens is 474 g/mol. The van der Waals surface area contributed by atoms with E-state index in [-0.39, 0.29) is 15.6 Å². The summed E-state index contributed by atoms with van der Waals surface area (Å²) < 4.78 is 65.9. The maximum atomic E-state index is 13.3. The highest BCUT2D eigenvalue weighted by Crippen LogP contribution is 2.30. The average molecular weight is 498 g/mol. The van der Waals surface area contributed by atoms with Gasteiger partial charge in [0.25, 0.3) is 0 Å². The van der Waals surface area contributed by atoms with Gasteiger partial charge in [-0.1, -0.05) is 35.9 Å². The van der Waals surface area contributed by atoms with Crippen molar-refractivity contribution in [1.82, 2.24) is 4.72 Å². The minimum Gasteiger partial charge on any atom is -0.468 e. The van der Waals surface area contributed by atoms with E-state index in [1.165, 1.54) is 48.7 Å². The van der Waals surface area contributed by atoms with E-state index in [4.69, 9.17) is 9.15 Å². The maximum Gasteiger partial charge on any atom is 0.240 e. The van der Waals surface area contributed by atoms with Crippen LogP contribution in [0.1, 0.15) is 16.6 Å². The van der Waals surface area contributed by atoms with Crippen LogP contribution in [0.5, 0.6) is 11.5 Å². The lowest BCUT2D eigenvalue weighted by atomic mass is 10.2. The van der Waals surface area contributed by atoms with Crippen LogP contribution in [0.25, 0.3) is 0 Å². The zero-order chi connectivity index (χ0) is 24.2. The maximum absolute atomic E-state index is 13.3. The molecular formula is C25H23NO6S2. The Bertz CT molecular complexity index is 1430. The van der Waals surface area contributed by atoms with Gasteiger partial charge in [-0.15, -0.1) is 0 Å². The lowest BCUT2D eigenvalue weighted by molar-refractivity contribution is 0.482. The molecule has 0 spiro atoms. The smallest absolute Gasteiger partial charge is 0.240 e. The normalized spacial score (nSPS) is 12.9. The van der Waals surface area contributed by atoms with E-state index in [9.17, 15) is 16.8 Å². The lowest BCUT2D eigenvalue weighted by Gasteiger charge is -2.17. The van der Waals surface area contributed by atoms with Crippen LogP contribution in [-0.4, -0.2) is 23.4 Å². The molecule has 1 aromatic heterocycles. The third-order valence-electron chi connectivity index (χ3n) is 5.16. The van der Waals surface area contributed by atoms with E-state index in [0.29, 0.717) is 11.5 Å². The van der Waals surface area contributed by atoms with E-state index in [0.717, 1.165) is 5.56 Å². The summed E-state index contributed by atoms with van der Waals surface area (Å²) in [5.41, 5.74) is 0.911. The van der Waals surface area contributed by atoms with Crippen molar-refractivity contribution in [2.45, 2.75) is 22.0 Å². The molecule has 0 amide bonds. The quantitative estimate of drug-likeness (QED) is 0.354. The SMILES string of the molecule is Cc1ccc(S(=O)(=O)C(CNS(=O)(=O)c2ccc(Oc3ccccc3)cc2)c2ccco2)cc1. The second-order valence-corrected chi connectivity index (χ2v) is 11.5. The van der Waals surface area contributed by atoms with Crippen LogP contribution in [-0.2, 0) is 19.9 Å². The summed E-state index contributed by atoms with van der Waals surface area (Å²) >= 11 is 0. The van der Waals surface area contributed by atoms with Gasteiger partial charge in [0, 0.05) is 6.54 Å². The Balaban J connectivity index is 1.53. The van der Waals surface area contributed by atoms with Gasteiger partial charge < -0.3 is 9.15 Å². The fourth-order valence-corrected chi connectivity index (χ4v) is 6.05. The van der Waals surface area contributed by atoms with Gasteiger partial charge in [-0.3, -0.25) is 0 Å². The third-order valence-corrected chi connectivity index (χ3v) is 8.67. The largest absolute Gasteiger partial charge is 0.468 e. The van der Waals surface area contributed by atoms with E-state index >= 15 is 0 Å². The van der Waals surface area contributed by atoms with E-state index in [2.05, 4.69) is 4.72 Å². The summed E-state index contributed by atoms with van der Waals surface area (Å²) in [6, 6.07) is 24.4. The van der Waals surface area contributed by atoms with E-state index < -0.39 is 31.7 Å². The molecule has 1 atom stereocenters. The molecule has 1 N–H and O–H groups in total. The summed E-state index contributed by atoms with van der Waals surface area (Å²) in [6.45, 7) is 1.46. The summed E-state index contributed by atoms with van der Waals surface area (Å²) in [5, 5.41) is -1.24. The molecule has 0 aliphatic rings. The Hall–Kier alpha value is -3.40. The molecule has 0 saturated carbocycles. The Morgan fingerprint density at radius 2 is 1.38 bits per heavy atom. The molecule has 0 bridgehead atoms. The highest BCUT2D eigenvalue weighted by Gasteiger charge is 2.33. The summed E-state index contributed by atoms with van der Waals surface area (Å²) in [6.07, 6.45) is 1.35. The van der Waals surface area contributed by atoms with Gasteiger partial charge in [-0.2, -0.15) is 0 Å². The highest BCUT2D eigenvalue weighted by molar-refractivity contribution is 7.92. The van der Waals surface area contributed by atoms with Crippen molar-refractivity contribution in [3.63, 3.8) is 0 Å². The number of rotatable bonds is 9. The lowest BCUT2D eigenvalue weighted by Crippen LogP contribution is -2.31. The molecule has 34 heavy (non-hydrogen) atoms. The van der Waals surface area contributed by atoms with Crippen molar-refractivity contribution in [3.05, 3.63) is 109 Å². The number of para-hydroxylation sites is 1. The first-order chi connectivity index (χ1) is 16.3. The Kier molecular flexibility index (Phi) is 6.87. The van der Waals surface area contributed by atoms with Crippen molar-refractivity contribution in [2.75, 3.05) is 6.54 Å². The highest BCUT2D eigenvalue weighted by atomic mass is 32.2. The van der Waals surface area contributed by atoms with Crippen molar-refractivity contribution >= 4 is 19.9 Å². The number of aryl methyl sites for hydroxylation is 1.